The van der Waals surface area contributed by atoms with Crippen molar-refractivity contribution in [3.8, 4) is 17.1 Å². The number of nitrogen functional groups attached to an aromatic ring is 1. The fraction of sp³-hybridized carbons (Fsp3) is 0.357. The van der Waals surface area contributed by atoms with Gasteiger partial charge in [-0.25, -0.2) is 0 Å². The average molecular weight is 323 g/mol. The van der Waals surface area contributed by atoms with Gasteiger partial charge in [0, 0.05) is 6.07 Å². The Morgan fingerprint density at radius 3 is 2.79 bits per heavy atom. The van der Waals surface area contributed by atoms with Crippen molar-refractivity contribution in [3.05, 3.63) is 27.7 Å². The maximum Gasteiger partial charge on any atom is 0.173 e. The molecular weight excluding hydrogens is 308 g/mol. The van der Waals surface area contributed by atoms with Crippen LogP contribution in [0, 0.1) is 0 Å². The van der Waals surface area contributed by atoms with E-state index in [1.165, 1.54) is 24.0 Å². The molecule has 0 spiro atoms. The topological polar surface area (TPSA) is 61.3 Å². The second-order valence-corrected chi connectivity index (χ2v) is 5.58. The third kappa shape index (κ3) is 2.12. The number of methoxy groups -OCH3 is 1. The molecule has 0 bridgehead atoms. The van der Waals surface area contributed by atoms with E-state index in [-0.39, 0.29) is 0 Å². The Morgan fingerprint density at radius 2 is 2.11 bits per heavy atom. The highest BCUT2D eigenvalue weighted by molar-refractivity contribution is 9.10. The van der Waals surface area contributed by atoms with Crippen LogP contribution in [0.5, 0.6) is 5.75 Å². The lowest BCUT2D eigenvalue weighted by molar-refractivity contribution is 0.403. The fourth-order valence-electron chi connectivity index (χ4n) is 2.72. The summed E-state index contributed by atoms with van der Waals surface area (Å²) in [5, 5.41) is 3.78. The minimum Gasteiger partial charge on any atom is -0.495 e. The van der Waals surface area contributed by atoms with Crippen LogP contribution in [-0.2, 0) is 12.8 Å². The maximum atomic E-state index is 5.66. The molecule has 2 N–H and O–H groups in total. The standard InChI is InChI=1S/C14H15BrN2O2/c1-18-14-10(15)6-8-4-2-3-5-9(8)13(14)11-7-12(16)17-19-11/h6-7H,2-5H2,1H3,(H2,16,17). The predicted octanol–water partition coefficient (Wildman–Crippen LogP) is 3.57. The number of hydrogen-bond donors (Lipinski definition) is 1. The zero-order valence-corrected chi connectivity index (χ0v) is 12.3. The normalized spacial score (nSPS) is 14.2. The minimum atomic E-state index is 0.390. The number of aryl methyl sites for hydroxylation is 1. The van der Waals surface area contributed by atoms with E-state index in [0.29, 0.717) is 11.6 Å². The van der Waals surface area contributed by atoms with Gasteiger partial charge in [0.1, 0.15) is 5.75 Å². The summed E-state index contributed by atoms with van der Waals surface area (Å²) < 4.78 is 11.8. The highest BCUT2D eigenvalue weighted by Crippen LogP contribution is 2.43. The molecule has 5 heteroatoms. The summed E-state index contributed by atoms with van der Waals surface area (Å²) in [5.41, 5.74) is 9.29. The van der Waals surface area contributed by atoms with Crippen molar-refractivity contribution < 1.29 is 9.26 Å². The molecule has 0 amide bonds. The van der Waals surface area contributed by atoms with E-state index in [4.69, 9.17) is 15.0 Å². The number of ether oxygens (including phenoxy) is 1. The zero-order valence-electron chi connectivity index (χ0n) is 10.7. The lowest BCUT2D eigenvalue weighted by atomic mass is 9.87. The lowest BCUT2D eigenvalue weighted by Gasteiger charge is -2.21. The number of benzene rings is 1. The summed E-state index contributed by atoms with van der Waals surface area (Å²) in [4.78, 5) is 0. The predicted molar refractivity (Wildman–Crippen MR) is 77.2 cm³/mol. The fourth-order valence-corrected chi connectivity index (χ4v) is 3.35. The molecule has 4 nitrogen and oxygen atoms in total. The van der Waals surface area contributed by atoms with E-state index in [1.807, 2.05) is 0 Å². The Kier molecular flexibility index (Phi) is 3.22. The van der Waals surface area contributed by atoms with E-state index < -0.39 is 0 Å². The Bertz CT molecular complexity index is 622. The molecule has 0 radical (unpaired) electrons. The van der Waals surface area contributed by atoms with E-state index >= 15 is 0 Å². The van der Waals surface area contributed by atoms with Crippen LogP contribution in [0.1, 0.15) is 24.0 Å². The first-order valence-electron chi connectivity index (χ1n) is 6.31. The quantitative estimate of drug-likeness (QED) is 0.918. The monoisotopic (exact) mass is 322 g/mol. The molecule has 1 aromatic heterocycles. The van der Waals surface area contributed by atoms with Crippen LogP contribution in [0.3, 0.4) is 0 Å². The van der Waals surface area contributed by atoms with Crippen molar-refractivity contribution in [2.24, 2.45) is 0 Å². The summed E-state index contributed by atoms with van der Waals surface area (Å²) in [6, 6.07) is 3.90. The third-order valence-electron chi connectivity index (χ3n) is 3.54. The smallest absolute Gasteiger partial charge is 0.173 e. The molecule has 1 heterocycles. The molecule has 0 atom stereocenters. The van der Waals surface area contributed by atoms with Crippen molar-refractivity contribution in [3.63, 3.8) is 0 Å². The molecule has 1 aliphatic carbocycles. The second kappa shape index (κ2) is 4.89. The number of anilines is 1. The number of fused-ring (bicyclic) bond motifs is 1. The maximum absolute atomic E-state index is 5.66. The number of rotatable bonds is 2. The molecule has 100 valence electrons. The van der Waals surface area contributed by atoms with Crippen molar-refractivity contribution in [2.75, 3.05) is 12.8 Å². The van der Waals surface area contributed by atoms with E-state index in [9.17, 15) is 0 Å². The molecule has 0 saturated carbocycles. The molecule has 3 rings (SSSR count). The van der Waals surface area contributed by atoms with Gasteiger partial charge in [0.2, 0.25) is 0 Å². The molecule has 1 aliphatic rings. The second-order valence-electron chi connectivity index (χ2n) is 4.73. The zero-order chi connectivity index (χ0) is 13.4. The van der Waals surface area contributed by atoms with Gasteiger partial charge in [-0.2, -0.15) is 0 Å². The van der Waals surface area contributed by atoms with Gasteiger partial charge in [0.05, 0.1) is 17.1 Å². The Morgan fingerprint density at radius 1 is 1.32 bits per heavy atom. The van der Waals surface area contributed by atoms with Gasteiger partial charge < -0.3 is 15.0 Å². The Hall–Kier alpha value is -1.49. The number of aromatic nitrogens is 1. The largest absolute Gasteiger partial charge is 0.495 e. The minimum absolute atomic E-state index is 0.390. The SMILES string of the molecule is COc1c(Br)cc2c(c1-c1cc(N)no1)CCCC2. The van der Waals surface area contributed by atoms with Crippen LogP contribution in [0.4, 0.5) is 5.82 Å². The van der Waals surface area contributed by atoms with Crippen molar-refractivity contribution in [1.82, 2.24) is 5.16 Å². The van der Waals surface area contributed by atoms with Crippen LogP contribution in [0.25, 0.3) is 11.3 Å². The van der Waals surface area contributed by atoms with Crippen molar-refractivity contribution in [2.45, 2.75) is 25.7 Å². The Labute approximate surface area is 120 Å². The van der Waals surface area contributed by atoms with E-state index in [0.717, 1.165) is 28.6 Å². The van der Waals surface area contributed by atoms with Gasteiger partial charge in [-0.3, -0.25) is 0 Å². The van der Waals surface area contributed by atoms with Crippen LogP contribution in [-0.4, -0.2) is 12.3 Å². The molecule has 1 aromatic carbocycles. The molecule has 2 aromatic rings. The first kappa shape index (κ1) is 12.5. The molecule has 0 unspecified atom stereocenters. The van der Waals surface area contributed by atoms with Crippen LogP contribution < -0.4 is 10.5 Å². The van der Waals surface area contributed by atoms with E-state index in [2.05, 4.69) is 27.2 Å². The van der Waals surface area contributed by atoms with Gasteiger partial charge in [-0.15, -0.1) is 0 Å². The molecule has 0 aliphatic heterocycles. The highest BCUT2D eigenvalue weighted by atomic mass is 79.9. The summed E-state index contributed by atoms with van der Waals surface area (Å²) in [6.07, 6.45) is 4.54. The first-order valence-corrected chi connectivity index (χ1v) is 7.11. The number of nitrogens with two attached hydrogens (primary N) is 1. The van der Waals surface area contributed by atoms with Crippen LogP contribution >= 0.6 is 15.9 Å². The molecular formula is C14H15BrN2O2. The third-order valence-corrected chi connectivity index (χ3v) is 4.13. The number of nitrogens with zero attached hydrogens (tertiary/aromatic N) is 1. The van der Waals surface area contributed by atoms with Crippen molar-refractivity contribution in [1.29, 1.82) is 0 Å². The molecule has 0 fully saturated rings. The number of hydrogen-bond acceptors (Lipinski definition) is 4. The first-order chi connectivity index (χ1) is 9.20. The summed E-state index contributed by atoms with van der Waals surface area (Å²) in [6.45, 7) is 0. The molecule has 19 heavy (non-hydrogen) atoms. The van der Waals surface area contributed by atoms with Gasteiger partial charge in [0.15, 0.2) is 11.6 Å². The highest BCUT2D eigenvalue weighted by Gasteiger charge is 2.23. The van der Waals surface area contributed by atoms with Crippen molar-refractivity contribution >= 4 is 21.7 Å². The van der Waals surface area contributed by atoms with E-state index in [1.54, 1.807) is 13.2 Å². The summed E-state index contributed by atoms with van der Waals surface area (Å²) in [7, 11) is 1.67. The van der Waals surface area contributed by atoms with Gasteiger partial charge in [-0.1, -0.05) is 5.16 Å². The number of halogens is 1. The average Bonchev–Trinajstić information content (AvgIpc) is 2.83. The summed E-state index contributed by atoms with van der Waals surface area (Å²) in [5.74, 6) is 1.85. The molecule has 0 saturated heterocycles. The van der Waals surface area contributed by atoms with Gasteiger partial charge in [-0.05, 0) is 58.8 Å². The lowest BCUT2D eigenvalue weighted by Crippen LogP contribution is -2.06. The summed E-state index contributed by atoms with van der Waals surface area (Å²) >= 11 is 3.57. The van der Waals surface area contributed by atoms with Crippen LogP contribution in [0.2, 0.25) is 0 Å². The Balaban J connectivity index is 2.27. The van der Waals surface area contributed by atoms with Crippen LogP contribution in [0.15, 0.2) is 21.1 Å². The van der Waals surface area contributed by atoms with Gasteiger partial charge in [0.25, 0.3) is 0 Å². The van der Waals surface area contributed by atoms with Gasteiger partial charge >= 0.3 is 0 Å².